The molecule has 1 aliphatic rings. The van der Waals surface area contributed by atoms with Crippen LogP contribution in [0.15, 0.2) is 60.7 Å². The number of aliphatic carboxylic acids is 1. The maximum atomic E-state index is 12.4. The summed E-state index contributed by atoms with van der Waals surface area (Å²) in [6, 6.07) is 15.0. The monoisotopic (exact) mass is 422 g/mol. The van der Waals surface area contributed by atoms with Crippen molar-refractivity contribution >= 4 is 18.0 Å². The van der Waals surface area contributed by atoms with E-state index in [-0.39, 0.29) is 31.9 Å². The molecule has 0 spiro atoms. The van der Waals surface area contributed by atoms with Gasteiger partial charge < -0.3 is 20.5 Å². The highest BCUT2D eigenvalue weighted by molar-refractivity contribution is 5.86. The molecule has 0 saturated carbocycles. The van der Waals surface area contributed by atoms with Gasteiger partial charge in [0.25, 0.3) is 0 Å². The Morgan fingerprint density at radius 2 is 1.65 bits per heavy atom. The number of carbonyl (C=O) groups is 3. The van der Waals surface area contributed by atoms with Gasteiger partial charge in [-0.3, -0.25) is 9.59 Å². The highest BCUT2D eigenvalue weighted by atomic mass is 16.5. The molecule has 0 saturated heterocycles. The molecule has 1 aliphatic carbocycles. The van der Waals surface area contributed by atoms with Crippen LogP contribution in [0.1, 0.15) is 36.8 Å². The third-order valence-corrected chi connectivity index (χ3v) is 5.16. The Hall–Kier alpha value is -3.61. The van der Waals surface area contributed by atoms with Crippen LogP contribution < -0.4 is 10.6 Å². The Labute approximate surface area is 181 Å². The van der Waals surface area contributed by atoms with E-state index in [9.17, 15) is 14.4 Å². The van der Waals surface area contributed by atoms with Crippen LogP contribution in [0.5, 0.6) is 0 Å². The van der Waals surface area contributed by atoms with E-state index in [1.807, 2.05) is 48.5 Å². The van der Waals surface area contributed by atoms with Crippen molar-refractivity contribution in [3.63, 3.8) is 0 Å². The topological polar surface area (TPSA) is 105 Å². The quantitative estimate of drug-likeness (QED) is 0.537. The van der Waals surface area contributed by atoms with Crippen LogP contribution >= 0.6 is 0 Å². The number of hydrogen-bond donors (Lipinski definition) is 3. The molecular formula is C24H26N2O5. The molecule has 2 amide bonds. The van der Waals surface area contributed by atoms with Crippen molar-refractivity contribution < 1.29 is 24.2 Å². The van der Waals surface area contributed by atoms with Gasteiger partial charge in [0.2, 0.25) is 5.91 Å². The average molecular weight is 422 g/mol. The first-order valence-corrected chi connectivity index (χ1v) is 10.1. The van der Waals surface area contributed by atoms with E-state index in [4.69, 9.17) is 9.84 Å². The summed E-state index contributed by atoms with van der Waals surface area (Å²) >= 11 is 0. The third-order valence-electron chi connectivity index (χ3n) is 5.16. The molecule has 0 aliphatic heterocycles. The molecular weight excluding hydrogens is 396 g/mol. The SMILES string of the molecule is C=C(C)CNC(=O)C(CCC(=O)O)NC(=O)OCC1c2ccccc2-c2ccccc21. The number of rotatable bonds is 9. The van der Waals surface area contributed by atoms with Crippen molar-refractivity contribution in [2.75, 3.05) is 13.2 Å². The van der Waals surface area contributed by atoms with E-state index in [2.05, 4.69) is 17.2 Å². The summed E-state index contributed by atoms with van der Waals surface area (Å²) in [5.74, 6) is -1.63. The van der Waals surface area contributed by atoms with Gasteiger partial charge in [0.15, 0.2) is 0 Å². The van der Waals surface area contributed by atoms with Crippen LogP contribution in [0.25, 0.3) is 11.1 Å². The molecule has 31 heavy (non-hydrogen) atoms. The summed E-state index contributed by atoms with van der Waals surface area (Å²) < 4.78 is 5.46. The molecule has 1 atom stereocenters. The Morgan fingerprint density at radius 3 is 2.19 bits per heavy atom. The fourth-order valence-corrected chi connectivity index (χ4v) is 3.68. The van der Waals surface area contributed by atoms with Crippen molar-refractivity contribution in [1.82, 2.24) is 10.6 Å². The number of fused-ring (bicyclic) bond motifs is 3. The molecule has 7 nitrogen and oxygen atoms in total. The van der Waals surface area contributed by atoms with Gasteiger partial charge in [-0.05, 0) is 35.6 Å². The Balaban J connectivity index is 1.65. The standard InChI is InChI=1S/C24H26N2O5/c1-15(2)13-25-23(29)21(11-12-22(27)28)26-24(30)31-14-20-18-9-5-3-7-16(18)17-8-4-6-10-19(17)20/h3-10,20-21H,1,11-14H2,2H3,(H,25,29)(H,26,30)(H,27,28). The Morgan fingerprint density at radius 1 is 1.06 bits per heavy atom. The van der Waals surface area contributed by atoms with Gasteiger partial charge in [-0.2, -0.15) is 0 Å². The molecule has 0 fully saturated rings. The van der Waals surface area contributed by atoms with Gasteiger partial charge in [-0.15, -0.1) is 0 Å². The number of ether oxygens (including phenoxy) is 1. The van der Waals surface area contributed by atoms with Gasteiger partial charge in [-0.25, -0.2) is 4.79 Å². The van der Waals surface area contributed by atoms with Gasteiger partial charge >= 0.3 is 12.1 Å². The largest absolute Gasteiger partial charge is 0.481 e. The average Bonchev–Trinajstić information content (AvgIpc) is 3.07. The van der Waals surface area contributed by atoms with Crippen LogP contribution in [0.3, 0.4) is 0 Å². The van der Waals surface area contributed by atoms with Gasteiger partial charge in [0.1, 0.15) is 12.6 Å². The van der Waals surface area contributed by atoms with E-state index in [1.165, 1.54) is 0 Å². The zero-order valence-corrected chi connectivity index (χ0v) is 17.4. The summed E-state index contributed by atoms with van der Waals surface area (Å²) in [4.78, 5) is 35.7. The Kier molecular flexibility index (Phi) is 7.07. The number of carbonyl (C=O) groups excluding carboxylic acids is 2. The normalized spacial score (nSPS) is 12.9. The second-order valence-corrected chi connectivity index (χ2v) is 7.63. The van der Waals surface area contributed by atoms with Crippen molar-refractivity contribution in [3.05, 3.63) is 71.8 Å². The molecule has 2 aromatic carbocycles. The van der Waals surface area contributed by atoms with E-state index < -0.39 is 24.0 Å². The first-order chi connectivity index (χ1) is 14.9. The smallest absolute Gasteiger partial charge is 0.407 e. The zero-order valence-electron chi connectivity index (χ0n) is 17.4. The molecule has 1 unspecified atom stereocenters. The lowest BCUT2D eigenvalue weighted by Crippen LogP contribution is -2.47. The Bertz CT molecular complexity index is 955. The van der Waals surface area contributed by atoms with E-state index in [0.29, 0.717) is 0 Å². The van der Waals surface area contributed by atoms with E-state index >= 15 is 0 Å². The number of nitrogens with one attached hydrogen (secondary N) is 2. The highest BCUT2D eigenvalue weighted by Gasteiger charge is 2.29. The fraction of sp³-hybridized carbons (Fsp3) is 0.292. The number of carboxylic acid groups (broad SMARTS) is 1. The second kappa shape index (κ2) is 9.93. The number of carboxylic acids is 1. The zero-order chi connectivity index (χ0) is 22.4. The maximum absolute atomic E-state index is 12.4. The van der Waals surface area contributed by atoms with Gasteiger partial charge in [0, 0.05) is 18.9 Å². The van der Waals surface area contributed by atoms with Crippen LogP contribution in [-0.4, -0.2) is 42.3 Å². The summed E-state index contributed by atoms with van der Waals surface area (Å²) in [5, 5.41) is 14.1. The molecule has 3 N–H and O–H groups in total. The molecule has 162 valence electrons. The van der Waals surface area contributed by atoms with Crippen LogP contribution in [0, 0.1) is 0 Å². The molecule has 0 bridgehead atoms. The lowest BCUT2D eigenvalue weighted by molar-refractivity contribution is -0.137. The van der Waals surface area contributed by atoms with Gasteiger partial charge in [-0.1, -0.05) is 60.7 Å². The minimum atomic E-state index is -1.05. The number of alkyl carbamates (subject to hydrolysis) is 1. The molecule has 0 radical (unpaired) electrons. The van der Waals surface area contributed by atoms with E-state index in [1.54, 1.807) is 6.92 Å². The second-order valence-electron chi connectivity index (χ2n) is 7.63. The number of benzene rings is 2. The first kappa shape index (κ1) is 22.1. The van der Waals surface area contributed by atoms with E-state index in [0.717, 1.165) is 27.8 Å². The van der Waals surface area contributed by atoms with Crippen molar-refractivity contribution in [2.24, 2.45) is 0 Å². The molecule has 7 heteroatoms. The summed E-state index contributed by atoms with van der Waals surface area (Å²) in [6.45, 7) is 5.82. The minimum absolute atomic E-state index is 0.0401. The predicted octanol–water partition coefficient (Wildman–Crippen LogP) is 3.45. The lowest BCUT2D eigenvalue weighted by Gasteiger charge is -2.19. The van der Waals surface area contributed by atoms with Crippen LogP contribution in [0.4, 0.5) is 4.79 Å². The van der Waals surface area contributed by atoms with Gasteiger partial charge in [0.05, 0.1) is 0 Å². The lowest BCUT2D eigenvalue weighted by atomic mass is 9.98. The molecule has 0 aromatic heterocycles. The van der Waals surface area contributed by atoms with Crippen molar-refractivity contribution in [1.29, 1.82) is 0 Å². The minimum Gasteiger partial charge on any atom is -0.481 e. The molecule has 0 heterocycles. The molecule has 3 rings (SSSR count). The fourth-order valence-electron chi connectivity index (χ4n) is 3.68. The number of hydrogen-bond acceptors (Lipinski definition) is 4. The summed E-state index contributed by atoms with van der Waals surface area (Å²) in [7, 11) is 0. The first-order valence-electron chi connectivity index (χ1n) is 10.1. The summed E-state index contributed by atoms with van der Waals surface area (Å²) in [6.07, 6.45) is -1.06. The summed E-state index contributed by atoms with van der Waals surface area (Å²) in [5.41, 5.74) is 5.14. The predicted molar refractivity (Wildman–Crippen MR) is 117 cm³/mol. The molecule has 2 aromatic rings. The highest BCUT2D eigenvalue weighted by Crippen LogP contribution is 2.44. The van der Waals surface area contributed by atoms with Crippen molar-refractivity contribution in [3.8, 4) is 11.1 Å². The maximum Gasteiger partial charge on any atom is 0.407 e. The van der Waals surface area contributed by atoms with Crippen molar-refractivity contribution in [2.45, 2.75) is 31.7 Å². The van der Waals surface area contributed by atoms with Crippen LogP contribution in [0.2, 0.25) is 0 Å². The third kappa shape index (κ3) is 5.51. The van der Waals surface area contributed by atoms with Crippen LogP contribution in [-0.2, 0) is 14.3 Å². The number of amides is 2.